The summed E-state index contributed by atoms with van der Waals surface area (Å²) < 4.78 is 8.31. The van der Waals surface area contributed by atoms with E-state index in [-0.39, 0.29) is 5.78 Å². The zero-order valence-electron chi connectivity index (χ0n) is 18.4. The maximum absolute atomic E-state index is 13.5. The molecule has 0 saturated carbocycles. The molecule has 1 aliphatic heterocycles. The van der Waals surface area contributed by atoms with Crippen LogP contribution < -0.4 is 21.3 Å². The molecular weight excluding hydrogens is 406 g/mol. The average molecular weight is 429 g/mol. The van der Waals surface area contributed by atoms with Crippen molar-refractivity contribution in [2.75, 3.05) is 11.9 Å². The van der Waals surface area contributed by atoms with Crippen LogP contribution in [0.5, 0.6) is 5.75 Å². The van der Waals surface area contributed by atoms with Gasteiger partial charge < -0.3 is 10.1 Å². The molecule has 2 aliphatic rings. The van der Waals surface area contributed by atoms with Crippen molar-refractivity contribution in [3.05, 3.63) is 96.7 Å². The zero-order valence-corrected chi connectivity index (χ0v) is 18.4. The maximum Gasteiger partial charge on any atom is 0.332 e. The van der Waals surface area contributed by atoms with Gasteiger partial charge in [0.05, 0.1) is 17.9 Å². The number of ketones is 1. The summed E-state index contributed by atoms with van der Waals surface area (Å²) in [6, 6.07) is 13.1. The van der Waals surface area contributed by atoms with E-state index in [1.165, 1.54) is 11.6 Å². The first kappa shape index (κ1) is 20.1. The lowest BCUT2D eigenvalue weighted by molar-refractivity contribution is 0.103. The SMILES string of the molecule is CCOc1cc(C2C3=C(Nc4c2c(=O)n(C)c(=O)n4C)c2ccccc2C3=O)ccc1C. The van der Waals surface area contributed by atoms with E-state index in [0.29, 0.717) is 40.6 Å². The summed E-state index contributed by atoms with van der Waals surface area (Å²) in [5.41, 5.74) is 3.77. The molecule has 0 saturated heterocycles. The molecule has 5 rings (SSSR count). The Labute approximate surface area is 184 Å². The molecule has 2 aromatic carbocycles. The van der Waals surface area contributed by atoms with Crippen molar-refractivity contribution >= 4 is 17.3 Å². The van der Waals surface area contributed by atoms with Gasteiger partial charge in [-0.3, -0.25) is 18.7 Å². The van der Waals surface area contributed by atoms with E-state index < -0.39 is 17.2 Å². The van der Waals surface area contributed by atoms with Crippen molar-refractivity contribution < 1.29 is 9.53 Å². The van der Waals surface area contributed by atoms with Crippen LogP contribution >= 0.6 is 0 Å². The normalized spacial score (nSPS) is 16.4. The van der Waals surface area contributed by atoms with E-state index in [9.17, 15) is 14.4 Å². The highest BCUT2D eigenvalue weighted by Gasteiger charge is 2.42. The molecule has 1 unspecified atom stereocenters. The lowest BCUT2D eigenvalue weighted by atomic mass is 9.81. The summed E-state index contributed by atoms with van der Waals surface area (Å²) in [4.78, 5) is 39.6. The van der Waals surface area contributed by atoms with Gasteiger partial charge in [-0.2, -0.15) is 0 Å². The molecule has 7 heteroatoms. The molecule has 0 bridgehead atoms. The number of aromatic nitrogens is 2. The molecule has 1 aliphatic carbocycles. The summed E-state index contributed by atoms with van der Waals surface area (Å²) >= 11 is 0. The van der Waals surface area contributed by atoms with Crippen molar-refractivity contribution in [1.82, 2.24) is 9.13 Å². The van der Waals surface area contributed by atoms with E-state index in [1.54, 1.807) is 13.1 Å². The molecule has 1 N–H and O–H groups in total. The van der Waals surface area contributed by atoms with Crippen LogP contribution in [-0.2, 0) is 14.1 Å². The smallest absolute Gasteiger partial charge is 0.332 e. The van der Waals surface area contributed by atoms with Crippen LogP contribution in [0.25, 0.3) is 5.70 Å². The number of carbonyl (C=O) groups excluding carboxylic acids is 1. The van der Waals surface area contributed by atoms with Crippen molar-refractivity contribution in [1.29, 1.82) is 0 Å². The molecule has 3 aromatic rings. The number of hydrogen-bond acceptors (Lipinski definition) is 5. The third kappa shape index (κ3) is 2.64. The third-order valence-electron chi connectivity index (χ3n) is 6.32. The predicted molar refractivity (Wildman–Crippen MR) is 122 cm³/mol. The van der Waals surface area contributed by atoms with Crippen molar-refractivity contribution in [3.8, 4) is 5.75 Å². The van der Waals surface area contributed by atoms with Gasteiger partial charge in [-0.05, 0) is 31.0 Å². The highest BCUT2D eigenvalue weighted by atomic mass is 16.5. The molecule has 1 atom stereocenters. The van der Waals surface area contributed by atoms with E-state index in [4.69, 9.17) is 4.74 Å². The van der Waals surface area contributed by atoms with Gasteiger partial charge in [0.15, 0.2) is 5.78 Å². The van der Waals surface area contributed by atoms with Gasteiger partial charge in [-0.15, -0.1) is 0 Å². The minimum absolute atomic E-state index is 0.117. The van der Waals surface area contributed by atoms with Crippen molar-refractivity contribution in [3.63, 3.8) is 0 Å². The lowest BCUT2D eigenvalue weighted by Crippen LogP contribution is -2.42. The summed E-state index contributed by atoms with van der Waals surface area (Å²) in [5, 5.41) is 3.25. The highest BCUT2D eigenvalue weighted by molar-refractivity contribution is 6.23. The zero-order chi connectivity index (χ0) is 22.7. The molecule has 0 radical (unpaired) electrons. The summed E-state index contributed by atoms with van der Waals surface area (Å²) in [6.07, 6.45) is 0. The molecule has 0 amide bonds. The Kier molecular flexibility index (Phi) is 4.44. The van der Waals surface area contributed by atoms with Crippen molar-refractivity contribution in [2.45, 2.75) is 19.8 Å². The third-order valence-corrected chi connectivity index (χ3v) is 6.32. The number of carbonyl (C=O) groups is 1. The summed E-state index contributed by atoms with van der Waals surface area (Å²) in [7, 11) is 3.08. The van der Waals surface area contributed by atoms with Gasteiger partial charge in [0.2, 0.25) is 0 Å². The number of hydrogen-bond donors (Lipinski definition) is 1. The van der Waals surface area contributed by atoms with Crippen LogP contribution in [0.15, 0.2) is 57.6 Å². The van der Waals surface area contributed by atoms with Gasteiger partial charge in [-0.25, -0.2) is 4.79 Å². The molecule has 32 heavy (non-hydrogen) atoms. The van der Waals surface area contributed by atoms with Crippen LogP contribution in [0.4, 0.5) is 5.82 Å². The van der Waals surface area contributed by atoms with Crippen molar-refractivity contribution in [2.24, 2.45) is 14.1 Å². The Balaban J connectivity index is 1.86. The minimum atomic E-state index is -0.633. The number of ether oxygens (including phenoxy) is 1. The molecule has 2 heterocycles. The van der Waals surface area contributed by atoms with Gasteiger partial charge in [0, 0.05) is 36.7 Å². The number of nitrogens with one attached hydrogen (secondary N) is 1. The van der Waals surface area contributed by atoms with Crippen LogP contribution in [0.3, 0.4) is 0 Å². The second-order valence-corrected chi connectivity index (χ2v) is 8.15. The molecule has 162 valence electrons. The van der Waals surface area contributed by atoms with E-state index in [1.807, 2.05) is 50.2 Å². The topological polar surface area (TPSA) is 82.3 Å². The quantitative estimate of drug-likeness (QED) is 0.692. The second kappa shape index (κ2) is 7.09. The number of rotatable bonds is 3. The molecule has 1 aromatic heterocycles. The van der Waals surface area contributed by atoms with Gasteiger partial charge in [0.25, 0.3) is 5.56 Å². The predicted octanol–water partition coefficient (Wildman–Crippen LogP) is 2.96. The number of Topliss-reactive ketones (excluding diaryl/α,β-unsaturated/α-hetero) is 1. The molecule has 0 fully saturated rings. The van der Waals surface area contributed by atoms with E-state index in [0.717, 1.165) is 21.3 Å². The Morgan fingerprint density at radius 3 is 2.44 bits per heavy atom. The number of aryl methyl sites for hydroxylation is 1. The Hall–Kier alpha value is -3.87. The summed E-state index contributed by atoms with van der Waals surface area (Å²) in [5.74, 6) is 0.362. The largest absolute Gasteiger partial charge is 0.494 e. The number of nitrogens with zero attached hydrogens (tertiary/aromatic N) is 2. The van der Waals surface area contributed by atoms with Crippen LogP contribution in [0.1, 0.15) is 45.5 Å². The Bertz CT molecular complexity index is 1460. The minimum Gasteiger partial charge on any atom is -0.494 e. The fourth-order valence-electron chi connectivity index (χ4n) is 4.70. The fourth-order valence-corrected chi connectivity index (χ4v) is 4.70. The van der Waals surface area contributed by atoms with E-state index in [2.05, 4.69) is 5.32 Å². The highest BCUT2D eigenvalue weighted by Crippen LogP contribution is 2.48. The number of anilines is 1. The van der Waals surface area contributed by atoms with Crippen LogP contribution in [-0.4, -0.2) is 21.5 Å². The fraction of sp³-hybridized carbons (Fsp3) is 0.240. The van der Waals surface area contributed by atoms with Gasteiger partial charge in [-0.1, -0.05) is 36.4 Å². The number of benzene rings is 2. The molecule has 0 spiro atoms. The second-order valence-electron chi connectivity index (χ2n) is 8.15. The average Bonchev–Trinajstić information content (AvgIpc) is 3.09. The number of allylic oxidation sites excluding steroid dienone is 1. The van der Waals surface area contributed by atoms with Gasteiger partial charge >= 0.3 is 5.69 Å². The monoisotopic (exact) mass is 429 g/mol. The standard InChI is InChI=1S/C25H23N3O4/c1-5-32-17-12-14(11-10-13(17)2)18-19-21(15-8-6-7-9-16(15)22(19)29)26-23-20(18)24(30)28(4)25(31)27(23)3/h6-12,18,26H,5H2,1-4H3. The Morgan fingerprint density at radius 1 is 1.00 bits per heavy atom. The lowest BCUT2D eigenvalue weighted by Gasteiger charge is -2.30. The molecule has 7 nitrogen and oxygen atoms in total. The van der Waals surface area contributed by atoms with Crippen LogP contribution in [0.2, 0.25) is 0 Å². The molecular formula is C25H23N3O4. The first-order valence-corrected chi connectivity index (χ1v) is 10.5. The first-order valence-electron chi connectivity index (χ1n) is 10.5. The van der Waals surface area contributed by atoms with Gasteiger partial charge in [0.1, 0.15) is 11.6 Å². The number of fused-ring (bicyclic) bond motifs is 3. The van der Waals surface area contributed by atoms with Crippen LogP contribution in [0, 0.1) is 6.92 Å². The first-order chi connectivity index (χ1) is 15.3. The van der Waals surface area contributed by atoms with E-state index >= 15 is 0 Å². The Morgan fingerprint density at radius 2 is 1.72 bits per heavy atom. The summed E-state index contributed by atoms with van der Waals surface area (Å²) in [6.45, 7) is 4.37. The maximum atomic E-state index is 13.5.